The highest BCUT2D eigenvalue weighted by atomic mass is 16.1. The summed E-state index contributed by atoms with van der Waals surface area (Å²) in [7, 11) is 2.17. The predicted molar refractivity (Wildman–Crippen MR) is 81.4 cm³/mol. The van der Waals surface area contributed by atoms with Crippen molar-refractivity contribution < 1.29 is 4.79 Å². The van der Waals surface area contributed by atoms with Crippen molar-refractivity contribution in [3.8, 4) is 0 Å². The quantitative estimate of drug-likeness (QED) is 0.821. The number of nitrogens with one attached hydrogen (secondary N) is 2. The Bertz CT molecular complexity index is 399. The largest absolute Gasteiger partial charge is 0.351 e. The van der Waals surface area contributed by atoms with E-state index in [4.69, 9.17) is 0 Å². The number of piperidine rings is 1. The van der Waals surface area contributed by atoms with Gasteiger partial charge >= 0.3 is 0 Å². The van der Waals surface area contributed by atoms with Crippen LogP contribution in [-0.2, 0) is 11.3 Å². The zero-order valence-electron chi connectivity index (χ0n) is 12.3. The van der Waals surface area contributed by atoms with Crippen molar-refractivity contribution >= 4 is 5.91 Å². The molecule has 1 aromatic rings. The third-order valence-electron chi connectivity index (χ3n) is 3.89. The molecule has 4 nitrogen and oxygen atoms in total. The Morgan fingerprint density at radius 1 is 1.25 bits per heavy atom. The van der Waals surface area contributed by atoms with E-state index in [0.29, 0.717) is 19.0 Å². The first-order valence-electron chi connectivity index (χ1n) is 7.44. The molecule has 1 amide bonds. The second kappa shape index (κ2) is 8.02. The van der Waals surface area contributed by atoms with Crippen LogP contribution in [0.5, 0.6) is 0 Å². The standard InChI is InChI=1S/C16H25N3O/c1-19-9-7-15(8-10-19)11-17-13-16(20)18-12-14-5-3-2-4-6-14/h2-6,15,17H,7-13H2,1H3,(H,18,20). The summed E-state index contributed by atoms with van der Waals surface area (Å²) in [4.78, 5) is 14.1. The van der Waals surface area contributed by atoms with Gasteiger partial charge in [-0.3, -0.25) is 4.79 Å². The second-order valence-electron chi connectivity index (χ2n) is 5.64. The van der Waals surface area contributed by atoms with Gasteiger partial charge in [-0.05, 0) is 51.0 Å². The number of amides is 1. The maximum Gasteiger partial charge on any atom is 0.234 e. The van der Waals surface area contributed by atoms with Gasteiger partial charge in [0.15, 0.2) is 0 Å². The molecule has 4 heteroatoms. The topological polar surface area (TPSA) is 44.4 Å². The minimum absolute atomic E-state index is 0.0711. The van der Waals surface area contributed by atoms with Gasteiger partial charge in [-0.25, -0.2) is 0 Å². The molecule has 0 radical (unpaired) electrons. The zero-order valence-corrected chi connectivity index (χ0v) is 12.3. The highest BCUT2D eigenvalue weighted by Gasteiger charge is 2.16. The Balaban J connectivity index is 1.56. The van der Waals surface area contributed by atoms with Crippen molar-refractivity contribution in [3.05, 3.63) is 35.9 Å². The molecule has 0 saturated carbocycles. The Morgan fingerprint density at radius 2 is 1.95 bits per heavy atom. The van der Waals surface area contributed by atoms with Gasteiger partial charge < -0.3 is 15.5 Å². The summed E-state index contributed by atoms with van der Waals surface area (Å²) < 4.78 is 0. The molecule has 0 aliphatic carbocycles. The van der Waals surface area contributed by atoms with Gasteiger partial charge in [-0.2, -0.15) is 0 Å². The SMILES string of the molecule is CN1CCC(CNCC(=O)NCc2ccccc2)CC1. The fraction of sp³-hybridized carbons (Fsp3) is 0.562. The number of benzene rings is 1. The minimum Gasteiger partial charge on any atom is -0.351 e. The van der Waals surface area contributed by atoms with E-state index in [1.165, 1.54) is 25.9 Å². The van der Waals surface area contributed by atoms with Crippen LogP contribution in [-0.4, -0.2) is 44.0 Å². The molecule has 1 saturated heterocycles. The maximum atomic E-state index is 11.7. The molecule has 20 heavy (non-hydrogen) atoms. The van der Waals surface area contributed by atoms with Crippen LogP contribution < -0.4 is 10.6 Å². The van der Waals surface area contributed by atoms with Crippen LogP contribution in [0.25, 0.3) is 0 Å². The van der Waals surface area contributed by atoms with Crippen molar-refractivity contribution in [3.63, 3.8) is 0 Å². The molecular weight excluding hydrogens is 250 g/mol. The lowest BCUT2D eigenvalue weighted by Crippen LogP contribution is -2.39. The van der Waals surface area contributed by atoms with Gasteiger partial charge in [0.25, 0.3) is 0 Å². The fourth-order valence-electron chi connectivity index (χ4n) is 2.52. The molecule has 2 N–H and O–H groups in total. The first-order valence-corrected chi connectivity index (χ1v) is 7.44. The van der Waals surface area contributed by atoms with Crippen LogP contribution in [0.4, 0.5) is 0 Å². The van der Waals surface area contributed by atoms with Crippen molar-refractivity contribution in [2.24, 2.45) is 5.92 Å². The fourth-order valence-corrected chi connectivity index (χ4v) is 2.52. The smallest absolute Gasteiger partial charge is 0.234 e. The first-order chi connectivity index (χ1) is 9.74. The molecule has 110 valence electrons. The lowest BCUT2D eigenvalue weighted by atomic mass is 9.97. The summed E-state index contributed by atoms with van der Waals surface area (Å²) in [5.41, 5.74) is 1.14. The summed E-state index contributed by atoms with van der Waals surface area (Å²) in [5, 5.41) is 6.21. The van der Waals surface area contributed by atoms with Gasteiger partial charge in [0.2, 0.25) is 5.91 Å². The van der Waals surface area contributed by atoms with Crippen molar-refractivity contribution in [1.82, 2.24) is 15.5 Å². The summed E-state index contributed by atoms with van der Waals surface area (Å²) in [6.45, 7) is 4.32. The van der Waals surface area contributed by atoms with Crippen LogP contribution in [0.15, 0.2) is 30.3 Å². The van der Waals surface area contributed by atoms with E-state index < -0.39 is 0 Å². The lowest BCUT2D eigenvalue weighted by Gasteiger charge is -2.28. The van der Waals surface area contributed by atoms with E-state index in [2.05, 4.69) is 22.6 Å². The summed E-state index contributed by atoms with van der Waals surface area (Å²) >= 11 is 0. The molecule has 2 rings (SSSR count). The average molecular weight is 275 g/mol. The molecule has 0 bridgehead atoms. The minimum atomic E-state index is 0.0711. The third kappa shape index (κ3) is 5.31. The van der Waals surface area contributed by atoms with E-state index >= 15 is 0 Å². The summed E-state index contributed by atoms with van der Waals surface area (Å²) in [6, 6.07) is 9.99. The van der Waals surface area contributed by atoms with Crippen LogP contribution in [0.2, 0.25) is 0 Å². The molecule has 1 aliphatic rings. The molecule has 1 aromatic carbocycles. The number of hydrogen-bond donors (Lipinski definition) is 2. The van der Waals surface area contributed by atoms with E-state index in [0.717, 1.165) is 12.1 Å². The van der Waals surface area contributed by atoms with E-state index in [9.17, 15) is 4.79 Å². The van der Waals surface area contributed by atoms with E-state index in [1.54, 1.807) is 0 Å². The molecule has 0 atom stereocenters. The number of carbonyl (C=O) groups excluding carboxylic acids is 1. The monoisotopic (exact) mass is 275 g/mol. The van der Waals surface area contributed by atoms with Crippen molar-refractivity contribution in [1.29, 1.82) is 0 Å². The molecule has 1 aliphatic heterocycles. The molecule has 1 fully saturated rings. The van der Waals surface area contributed by atoms with Gasteiger partial charge in [0.05, 0.1) is 6.54 Å². The highest BCUT2D eigenvalue weighted by molar-refractivity contribution is 5.77. The normalized spacial score (nSPS) is 17.1. The van der Waals surface area contributed by atoms with Crippen LogP contribution >= 0.6 is 0 Å². The van der Waals surface area contributed by atoms with Gasteiger partial charge in [0, 0.05) is 6.54 Å². The van der Waals surface area contributed by atoms with E-state index in [1.807, 2.05) is 30.3 Å². The van der Waals surface area contributed by atoms with Crippen LogP contribution in [0.3, 0.4) is 0 Å². The van der Waals surface area contributed by atoms with Gasteiger partial charge in [-0.1, -0.05) is 30.3 Å². The number of nitrogens with zero attached hydrogens (tertiary/aromatic N) is 1. The number of likely N-dealkylation sites (tertiary alicyclic amines) is 1. The lowest BCUT2D eigenvalue weighted by molar-refractivity contribution is -0.120. The van der Waals surface area contributed by atoms with Crippen LogP contribution in [0.1, 0.15) is 18.4 Å². The van der Waals surface area contributed by atoms with E-state index in [-0.39, 0.29) is 5.91 Å². The Morgan fingerprint density at radius 3 is 2.65 bits per heavy atom. The maximum absolute atomic E-state index is 11.7. The average Bonchev–Trinajstić information content (AvgIpc) is 2.48. The summed E-state index contributed by atoms with van der Waals surface area (Å²) in [5.74, 6) is 0.787. The second-order valence-corrected chi connectivity index (χ2v) is 5.64. The first kappa shape index (κ1) is 15.0. The van der Waals surface area contributed by atoms with Crippen molar-refractivity contribution in [2.75, 3.05) is 33.2 Å². The predicted octanol–water partition coefficient (Wildman–Crippen LogP) is 1.23. The van der Waals surface area contributed by atoms with Gasteiger partial charge in [0.1, 0.15) is 0 Å². The molecule has 0 unspecified atom stereocenters. The molecular formula is C16H25N3O. The number of rotatable bonds is 6. The zero-order chi connectivity index (χ0) is 14.2. The molecule has 0 aromatic heterocycles. The van der Waals surface area contributed by atoms with Gasteiger partial charge in [-0.15, -0.1) is 0 Å². The molecule has 0 spiro atoms. The molecule has 1 heterocycles. The Labute approximate surface area is 121 Å². The Kier molecular flexibility index (Phi) is 6.02. The van der Waals surface area contributed by atoms with Crippen molar-refractivity contribution in [2.45, 2.75) is 19.4 Å². The Hall–Kier alpha value is -1.39. The highest BCUT2D eigenvalue weighted by Crippen LogP contribution is 2.14. The number of carbonyl (C=O) groups is 1. The third-order valence-corrected chi connectivity index (χ3v) is 3.89. The van der Waals surface area contributed by atoms with Crippen LogP contribution in [0, 0.1) is 5.92 Å². The summed E-state index contributed by atoms with van der Waals surface area (Å²) in [6.07, 6.45) is 2.46. The number of hydrogen-bond acceptors (Lipinski definition) is 3.